The molecule has 0 amide bonds. The fourth-order valence-corrected chi connectivity index (χ4v) is 2.84. The summed E-state index contributed by atoms with van der Waals surface area (Å²) in [6.45, 7) is 11.1. The molecule has 0 fully saturated rings. The van der Waals surface area contributed by atoms with Gasteiger partial charge in [-0.05, 0) is 19.4 Å². The highest BCUT2D eigenvalue weighted by Crippen LogP contribution is 2.27. The van der Waals surface area contributed by atoms with E-state index in [2.05, 4.69) is 25.7 Å². The minimum atomic E-state index is -1.29. The summed E-state index contributed by atoms with van der Waals surface area (Å²) in [4.78, 5) is 11.3. The number of ether oxygens (including phenoxy) is 1. The first-order valence-electron chi connectivity index (χ1n) is 5.20. The predicted molar refractivity (Wildman–Crippen MR) is 63.2 cm³/mol. The van der Waals surface area contributed by atoms with Crippen LogP contribution in [0.15, 0.2) is 12.2 Å². The summed E-state index contributed by atoms with van der Waals surface area (Å²) >= 11 is 0. The van der Waals surface area contributed by atoms with E-state index in [0.29, 0.717) is 18.6 Å². The third-order valence-corrected chi connectivity index (χ3v) is 4.85. The summed E-state index contributed by atoms with van der Waals surface area (Å²) in [6, 6.07) is 0. The van der Waals surface area contributed by atoms with E-state index in [9.17, 15) is 4.79 Å². The van der Waals surface area contributed by atoms with Gasteiger partial charge in [0, 0.05) is 6.42 Å². The maximum atomic E-state index is 11.3. The fraction of sp³-hybridized carbons (Fsp3) is 0.727. The number of carbonyl (C=O) groups excluding carboxylic acids is 1. The largest absolute Gasteiger partial charge is 0.466 e. The highest BCUT2D eigenvalue weighted by molar-refractivity contribution is 6.78. The number of rotatable bonds is 5. The van der Waals surface area contributed by atoms with Crippen LogP contribution in [0.5, 0.6) is 0 Å². The van der Waals surface area contributed by atoms with E-state index in [4.69, 9.17) is 4.74 Å². The van der Waals surface area contributed by atoms with Gasteiger partial charge >= 0.3 is 5.97 Å². The van der Waals surface area contributed by atoms with Gasteiger partial charge in [0.25, 0.3) is 0 Å². The van der Waals surface area contributed by atoms with E-state index in [1.54, 1.807) is 0 Å². The van der Waals surface area contributed by atoms with E-state index in [1.165, 1.54) is 0 Å². The van der Waals surface area contributed by atoms with Crippen LogP contribution in [0.2, 0.25) is 25.2 Å². The quantitative estimate of drug-likeness (QED) is 0.399. The molecule has 0 aromatic rings. The molecule has 0 aliphatic carbocycles. The first kappa shape index (κ1) is 13.4. The standard InChI is InChI=1S/C11H22O2Si/c1-6-8-10(14(3,4)5)9-11(12)13-7-2/h6,8,10H,7,9H2,1-5H3/b8-6+/t10-/m0/s1. The molecule has 0 aromatic carbocycles. The molecule has 0 saturated carbocycles. The molecule has 82 valence electrons. The maximum Gasteiger partial charge on any atom is 0.306 e. The van der Waals surface area contributed by atoms with Crippen LogP contribution in [0.4, 0.5) is 0 Å². The van der Waals surface area contributed by atoms with E-state index in [-0.39, 0.29) is 5.97 Å². The lowest BCUT2D eigenvalue weighted by atomic mass is 10.3. The number of hydrogen-bond acceptors (Lipinski definition) is 2. The van der Waals surface area contributed by atoms with Crippen molar-refractivity contribution in [1.29, 1.82) is 0 Å². The van der Waals surface area contributed by atoms with Crippen molar-refractivity contribution < 1.29 is 9.53 Å². The zero-order valence-electron chi connectivity index (χ0n) is 9.96. The second-order valence-corrected chi connectivity index (χ2v) is 9.98. The average Bonchev–Trinajstić information content (AvgIpc) is 2.02. The summed E-state index contributed by atoms with van der Waals surface area (Å²) < 4.78 is 4.96. The van der Waals surface area contributed by atoms with Gasteiger partial charge in [0.1, 0.15) is 0 Å². The molecule has 0 saturated heterocycles. The summed E-state index contributed by atoms with van der Waals surface area (Å²) in [6.07, 6.45) is 4.71. The van der Waals surface area contributed by atoms with Crippen LogP contribution in [0.25, 0.3) is 0 Å². The lowest BCUT2D eigenvalue weighted by Crippen LogP contribution is -2.29. The van der Waals surface area contributed by atoms with E-state index >= 15 is 0 Å². The van der Waals surface area contributed by atoms with Gasteiger partial charge in [-0.3, -0.25) is 4.79 Å². The molecule has 0 spiro atoms. The molecule has 0 unspecified atom stereocenters. The first-order chi connectivity index (χ1) is 6.41. The second-order valence-electron chi connectivity index (χ2n) is 4.51. The van der Waals surface area contributed by atoms with Crippen LogP contribution in [0.3, 0.4) is 0 Å². The van der Waals surface area contributed by atoms with E-state index < -0.39 is 8.07 Å². The van der Waals surface area contributed by atoms with Crippen LogP contribution in [-0.2, 0) is 9.53 Å². The van der Waals surface area contributed by atoms with Gasteiger partial charge in [0.05, 0.1) is 14.7 Å². The van der Waals surface area contributed by atoms with Gasteiger partial charge < -0.3 is 4.74 Å². The Bertz CT molecular complexity index is 204. The molecule has 14 heavy (non-hydrogen) atoms. The number of hydrogen-bond donors (Lipinski definition) is 0. The molecule has 0 aliphatic heterocycles. The van der Waals surface area contributed by atoms with E-state index in [1.807, 2.05) is 19.9 Å². The van der Waals surface area contributed by atoms with Crippen molar-refractivity contribution in [2.24, 2.45) is 0 Å². The van der Waals surface area contributed by atoms with Gasteiger partial charge in [-0.1, -0.05) is 31.8 Å². The highest BCUT2D eigenvalue weighted by atomic mass is 28.3. The highest BCUT2D eigenvalue weighted by Gasteiger charge is 2.26. The molecule has 0 heterocycles. The first-order valence-corrected chi connectivity index (χ1v) is 8.78. The zero-order valence-corrected chi connectivity index (χ0v) is 11.0. The van der Waals surface area contributed by atoms with Crippen LogP contribution in [0.1, 0.15) is 20.3 Å². The number of carbonyl (C=O) groups is 1. The Morgan fingerprint density at radius 1 is 1.43 bits per heavy atom. The van der Waals surface area contributed by atoms with Crippen molar-refractivity contribution in [3.63, 3.8) is 0 Å². The Labute approximate surface area is 88.4 Å². The van der Waals surface area contributed by atoms with Gasteiger partial charge in [-0.2, -0.15) is 0 Å². The zero-order chi connectivity index (χ0) is 11.2. The summed E-state index contributed by atoms with van der Waals surface area (Å²) in [5.74, 6) is -0.0713. The van der Waals surface area contributed by atoms with Crippen molar-refractivity contribution in [1.82, 2.24) is 0 Å². The third-order valence-electron chi connectivity index (χ3n) is 2.23. The van der Waals surface area contributed by atoms with Crippen LogP contribution in [-0.4, -0.2) is 20.7 Å². The molecule has 0 aromatic heterocycles. The molecule has 0 aliphatic rings. The minimum Gasteiger partial charge on any atom is -0.466 e. The normalized spacial score (nSPS) is 14.4. The fourth-order valence-electron chi connectivity index (χ4n) is 1.29. The molecule has 2 nitrogen and oxygen atoms in total. The molecule has 0 rings (SSSR count). The van der Waals surface area contributed by atoms with Crippen molar-refractivity contribution in [2.75, 3.05) is 6.61 Å². The van der Waals surface area contributed by atoms with Crippen molar-refractivity contribution in [2.45, 2.75) is 45.5 Å². The van der Waals surface area contributed by atoms with Crippen LogP contribution < -0.4 is 0 Å². The minimum absolute atomic E-state index is 0.0713. The third kappa shape index (κ3) is 5.22. The monoisotopic (exact) mass is 214 g/mol. The molecule has 0 bridgehead atoms. The van der Waals surface area contributed by atoms with E-state index in [0.717, 1.165) is 0 Å². The Balaban J connectivity index is 4.31. The Hall–Kier alpha value is -0.573. The number of allylic oxidation sites excluding steroid dienone is 2. The SMILES string of the molecule is C/C=C/[C@@H](CC(=O)OCC)[Si](C)(C)C. The van der Waals surface area contributed by atoms with Gasteiger partial charge in [0.15, 0.2) is 0 Å². The lowest BCUT2D eigenvalue weighted by molar-refractivity contribution is -0.143. The molecular formula is C11H22O2Si. The second kappa shape index (κ2) is 6.01. The van der Waals surface area contributed by atoms with Gasteiger partial charge in [0.2, 0.25) is 0 Å². The van der Waals surface area contributed by atoms with Crippen LogP contribution in [0, 0.1) is 0 Å². The Morgan fingerprint density at radius 2 is 2.00 bits per heavy atom. The van der Waals surface area contributed by atoms with Crippen molar-refractivity contribution in [3.8, 4) is 0 Å². The molecule has 3 heteroatoms. The Morgan fingerprint density at radius 3 is 2.36 bits per heavy atom. The molecule has 1 atom stereocenters. The van der Waals surface area contributed by atoms with Gasteiger partial charge in [-0.25, -0.2) is 0 Å². The smallest absolute Gasteiger partial charge is 0.306 e. The summed E-state index contributed by atoms with van der Waals surface area (Å²) in [7, 11) is -1.29. The summed E-state index contributed by atoms with van der Waals surface area (Å²) in [5.41, 5.74) is 0.395. The van der Waals surface area contributed by atoms with Crippen molar-refractivity contribution in [3.05, 3.63) is 12.2 Å². The van der Waals surface area contributed by atoms with Crippen LogP contribution >= 0.6 is 0 Å². The summed E-state index contributed by atoms with van der Waals surface area (Å²) in [5, 5.41) is 0. The molecular weight excluding hydrogens is 192 g/mol. The predicted octanol–water partition coefficient (Wildman–Crippen LogP) is 3.22. The molecule has 0 N–H and O–H groups in total. The molecule has 0 radical (unpaired) electrons. The maximum absolute atomic E-state index is 11.3. The van der Waals surface area contributed by atoms with Gasteiger partial charge in [-0.15, -0.1) is 0 Å². The Kier molecular flexibility index (Phi) is 5.77. The topological polar surface area (TPSA) is 26.3 Å². The van der Waals surface area contributed by atoms with Crippen molar-refractivity contribution >= 4 is 14.0 Å². The lowest BCUT2D eigenvalue weighted by Gasteiger charge is -2.25. The average molecular weight is 214 g/mol. The number of esters is 1.